The molecule has 0 spiro atoms. The fourth-order valence-electron chi connectivity index (χ4n) is 2.30. The molecule has 1 aliphatic heterocycles. The number of aliphatic hydroxyl groups is 1. The molecule has 1 atom stereocenters. The summed E-state index contributed by atoms with van der Waals surface area (Å²) in [6.45, 7) is 4.60. The standard InChI is InChI=1S/C12H18N2O2/c1-3-5-9-8(2)13-11-10(15)6-4-7-14(11)12(9)16/h10,15H,3-7H2,1-2H3. The third kappa shape index (κ3) is 1.78. The van der Waals surface area contributed by atoms with E-state index in [1.165, 1.54) is 0 Å². The Hall–Kier alpha value is -1.16. The lowest BCUT2D eigenvalue weighted by molar-refractivity contribution is 0.130. The minimum atomic E-state index is -0.573. The van der Waals surface area contributed by atoms with E-state index in [9.17, 15) is 9.90 Å². The van der Waals surface area contributed by atoms with Gasteiger partial charge in [0.15, 0.2) is 0 Å². The maximum Gasteiger partial charge on any atom is 0.257 e. The molecule has 4 nitrogen and oxygen atoms in total. The van der Waals surface area contributed by atoms with E-state index in [1.54, 1.807) is 4.57 Å². The Labute approximate surface area is 95.0 Å². The first-order chi connectivity index (χ1) is 7.65. The fraction of sp³-hybridized carbons (Fsp3) is 0.667. The molecule has 0 bridgehead atoms. The van der Waals surface area contributed by atoms with E-state index in [-0.39, 0.29) is 5.56 Å². The van der Waals surface area contributed by atoms with E-state index in [0.717, 1.165) is 30.5 Å². The van der Waals surface area contributed by atoms with Gasteiger partial charge >= 0.3 is 0 Å². The van der Waals surface area contributed by atoms with Crippen molar-refractivity contribution < 1.29 is 5.11 Å². The number of hydrogen-bond donors (Lipinski definition) is 1. The number of aliphatic hydroxyl groups excluding tert-OH is 1. The topological polar surface area (TPSA) is 55.1 Å². The Balaban J connectivity index is 2.58. The van der Waals surface area contributed by atoms with E-state index in [2.05, 4.69) is 11.9 Å². The second-order valence-electron chi connectivity index (χ2n) is 4.40. The monoisotopic (exact) mass is 222 g/mol. The van der Waals surface area contributed by atoms with Gasteiger partial charge in [-0.05, 0) is 26.2 Å². The molecule has 1 unspecified atom stereocenters. The van der Waals surface area contributed by atoms with E-state index < -0.39 is 6.10 Å². The minimum absolute atomic E-state index is 0.0445. The first-order valence-corrected chi connectivity index (χ1v) is 5.93. The van der Waals surface area contributed by atoms with Crippen LogP contribution in [-0.4, -0.2) is 14.7 Å². The quantitative estimate of drug-likeness (QED) is 0.821. The zero-order valence-electron chi connectivity index (χ0n) is 9.86. The highest BCUT2D eigenvalue weighted by molar-refractivity contribution is 5.19. The molecule has 0 saturated heterocycles. The van der Waals surface area contributed by atoms with Crippen LogP contribution < -0.4 is 5.56 Å². The summed E-state index contributed by atoms with van der Waals surface area (Å²) in [6, 6.07) is 0. The lowest BCUT2D eigenvalue weighted by Crippen LogP contribution is -2.33. The van der Waals surface area contributed by atoms with Crippen molar-refractivity contribution >= 4 is 0 Å². The summed E-state index contributed by atoms with van der Waals surface area (Å²) in [5.74, 6) is 0.550. The van der Waals surface area contributed by atoms with Gasteiger partial charge in [-0.25, -0.2) is 4.98 Å². The van der Waals surface area contributed by atoms with Gasteiger partial charge in [0.1, 0.15) is 11.9 Å². The molecular weight excluding hydrogens is 204 g/mol. The van der Waals surface area contributed by atoms with Crippen LogP contribution in [0.15, 0.2) is 4.79 Å². The Bertz CT molecular complexity index is 451. The second-order valence-corrected chi connectivity index (χ2v) is 4.40. The molecule has 0 radical (unpaired) electrons. The Morgan fingerprint density at radius 2 is 2.31 bits per heavy atom. The zero-order valence-corrected chi connectivity index (χ0v) is 9.86. The number of rotatable bonds is 2. The zero-order chi connectivity index (χ0) is 11.7. The molecule has 0 saturated carbocycles. The minimum Gasteiger partial charge on any atom is -0.385 e. The average Bonchev–Trinajstić information content (AvgIpc) is 2.26. The van der Waals surface area contributed by atoms with Gasteiger partial charge in [-0.15, -0.1) is 0 Å². The first kappa shape index (κ1) is 11.3. The summed E-state index contributed by atoms with van der Waals surface area (Å²) in [7, 11) is 0. The summed E-state index contributed by atoms with van der Waals surface area (Å²) in [5, 5.41) is 9.81. The van der Waals surface area contributed by atoms with Crippen LogP contribution in [0.4, 0.5) is 0 Å². The molecule has 1 aliphatic rings. The van der Waals surface area contributed by atoms with Crippen molar-refractivity contribution in [3.8, 4) is 0 Å². The van der Waals surface area contributed by atoms with Crippen molar-refractivity contribution in [1.29, 1.82) is 0 Å². The number of aryl methyl sites for hydroxylation is 1. The summed E-state index contributed by atoms with van der Waals surface area (Å²) in [4.78, 5) is 16.6. The van der Waals surface area contributed by atoms with E-state index in [1.807, 2.05) is 6.92 Å². The van der Waals surface area contributed by atoms with Crippen molar-refractivity contribution in [3.05, 3.63) is 27.4 Å². The van der Waals surface area contributed by atoms with Gasteiger partial charge < -0.3 is 5.11 Å². The molecule has 0 aliphatic carbocycles. The van der Waals surface area contributed by atoms with E-state index >= 15 is 0 Å². The van der Waals surface area contributed by atoms with Crippen LogP contribution in [0.1, 0.15) is 49.4 Å². The molecule has 1 aromatic heterocycles. The van der Waals surface area contributed by atoms with E-state index in [0.29, 0.717) is 18.8 Å². The molecule has 2 rings (SSSR count). The molecule has 1 N–H and O–H groups in total. The van der Waals surface area contributed by atoms with Gasteiger partial charge in [-0.3, -0.25) is 9.36 Å². The van der Waals surface area contributed by atoms with Crippen molar-refractivity contribution in [2.75, 3.05) is 0 Å². The van der Waals surface area contributed by atoms with Crippen LogP contribution in [0.3, 0.4) is 0 Å². The molecule has 0 fully saturated rings. The van der Waals surface area contributed by atoms with Crippen molar-refractivity contribution in [2.24, 2.45) is 0 Å². The fourth-order valence-corrected chi connectivity index (χ4v) is 2.30. The number of nitrogens with zero attached hydrogens (tertiary/aromatic N) is 2. The third-order valence-corrected chi connectivity index (χ3v) is 3.16. The van der Waals surface area contributed by atoms with Crippen molar-refractivity contribution in [2.45, 2.75) is 52.2 Å². The Morgan fingerprint density at radius 3 is 3.00 bits per heavy atom. The van der Waals surface area contributed by atoms with Gasteiger partial charge in [0.2, 0.25) is 0 Å². The molecule has 0 aromatic carbocycles. The molecule has 1 aromatic rings. The predicted molar refractivity (Wildman–Crippen MR) is 61.4 cm³/mol. The molecular formula is C12H18N2O2. The largest absolute Gasteiger partial charge is 0.385 e. The van der Waals surface area contributed by atoms with Gasteiger partial charge in [0.05, 0.1) is 0 Å². The Kier molecular flexibility index (Phi) is 3.10. The molecule has 88 valence electrons. The van der Waals surface area contributed by atoms with Crippen LogP contribution >= 0.6 is 0 Å². The number of hydrogen-bond acceptors (Lipinski definition) is 3. The predicted octanol–water partition coefficient (Wildman–Crippen LogP) is 1.33. The molecule has 2 heterocycles. The van der Waals surface area contributed by atoms with Gasteiger partial charge in [-0.1, -0.05) is 13.3 Å². The summed E-state index contributed by atoms with van der Waals surface area (Å²) >= 11 is 0. The molecule has 0 amide bonds. The first-order valence-electron chi connectivity index (χ1n) is 5.93. The van der Waals surface area contributed by atoms with Crippen LogP contribution in [0.2, 0.25) is 0 Å². The smallest absolute Gasteiger partial charge is 0.257 e. The molecule has 16 heavy (non-hydrogen) atoms. The summed E-state index contributed by atoms with van der Waals surface area (Å²) in [5.41, 5.74) is 1.63. The van der Waals surface area contributed by atoms with Crippen LogP contribution in [0.5, 0.6) is 0 Å². The highest BCUT2D eigenvalue weighted by Crippen LogP contribution is 2.22. The summed E-state index contributed by atoms with van der Waals surface area (Å²) in [6.07, 6.45) is 2.70. The van der Waals surface area contributed by atoms with Gasteiger partial charge in [-0.2, -0.15) is 0 Å². The number of aromatic nitrogens is 2. The van der Waals surface area contributed by atoms with Gasteiger partial charge in [0.25, 0.3) is 5.56 Å². The van der Waals surface area contributed by atoms with Gasteiger partial charge in [0, 0.05) is 17.8 Å². The third-order valence-electron chi connectivity index (χ3n) is 3.16. The van der Waals surface area contributed by atoms with Crippen LogP contribution in [-0.2, 0) is 13.0 Å². The maximum atomic E-state index is 12.2. The Morgan fingerprint density at radius 1 is 1.56 bits per heavy atom. The summed E-state index contributed by atoms with van der Waals surface area (Å²) < 4.78 is 1.64. The lowest BCUT2D eigenvalue weighted by atomic mass is 10.1. The SMILES string of the molecule is CCCc1c(C)nc2n(c1=O)CCCC2O. The highest BCUT2D eigenvalue weighted by Gasteiger charge is 2.22. The normalized spacial score (nSPS) is 19.6. The maximum absolute atomic E-state index is 12.2. The number of fused-ring (bicyclic) bond motifs is 1. The second kappa shape index (κ2) is 4.37. The van der Waals surface area contributed by atoms with Crippen molar-refractivity contribution in [3.63, 3.8) is 0 Å². The van der Waals surface area contributed by atoms with Crippen molar-refractivity contribution in [1.82, 2.24) is 9.55 Å². The van der Waals surface area contributed by atoms with Crippen LogP contribution in [0.25, 0.3) is 0 Å². The lowest BCUT2D eigenvalue weighted by Gasteiger charge is -2.23. The highest BCUT2D eigenvalue weighted by atomic mass is 16.3. The molecule has 4 heteroatoms. The average molecular weight is 222 g/mol. The van der Waals surface area contributed by atoms with Crippen LogP contribution in [0, 0.1) is 6.92 Å². The van der Waals surface area contributed by atoms with E-state index in [4.69, 9.17) is 0 Å².